The van der Waals surface area contributed by atoms with Crippen LogP contribution in [0.5, 0.6) is 0 Å². The average Bonchev–Trinajstić information content (AvgIpc) is 2.74. The molecule has 0 aliphatic heterocycles. The molecule has 0 aliphatic carbocycles. The number of nitrogens with two attached hydrogens (primary N) is 1. The molecule has 0 atom stereocenters. The first kappa shape index (κ1) is 13.5. The van der Waals surface area contributed by atoms with Crippen LogP contribution in [0.3, 0.4) is 0 Å². The van der Waals surface area contributed by atoms with Crippen LogP contribution in [0, 0.1) is 6.92 Å². The molecule has 0 bridgehead atoms. The zero-order valence-corrected chi connectivity index (χ0v) is 12.0. The highest BCUT2D eigenvalue weighted by atomic mass is 32.1. The second kappa shape index (κ2) is 5.79. The number of anilines is 3. The molecule has 2 aromatic heterocycles. The molecule has 0 saturated carbocycles. The van der Waals surface area contributed by atoms with E-state index in [1.807, 2.05) is 26.4 Å². The quantitative estimate of drug-likeness (QED) is 0.841. The molecular weight excluding hydrogens is 262 g/mol. The molecule has 0 fully saturated rings. The second-order valence-corrected chi connectivity index (χ2v) is 5.21. The van der Waals surface area contributed by atoms with Crippen LogP contribution < -0.4 is 16.0 Å². The molecule has 2 rings (SSSR count). The minimum Gasteiger partial charge on any atom is -0.368 e. The molecule has 0 aromatic carbocycles. The Morgan fingerprint density at radius 2 is 2.05 bits per heavy atom. The van der Waals surface area contributed by atoms with Crippen LogP contribution >= 0.6 is 11.3 Å². The molecule has 102 valence electrons. The van der Waals surface area contributed by atoms with Gasteiger partial charge in [0.1, 0.15) is 0 Å². The van der Waals surface area contributed by atoms with E-state index in [9.17, 15) is 0 Å². The van der Waals surface area contributed by atoms with Gasteiger partial charge in [-0.1, -0.05) is 0 Å². The summed E-state index contributed by atoms with van der Waals surface area (Å²) in [5.41, 5.74) is 6.70. The second-order valence-electron chi connectivity index (χ2n) is 4.27. The lowest BCUT2D eigenvalue weighted by Gasteiger charge is -2.11. The number of aromatic nitrogens is 4. The van der Waals surface area contributed by atoms with Gasteiger partial charge in [-0.05, 0) is 6.92 Å². The number of nitrogens with one attached hydrogen (secondary N) is 1. The van der Waals surface area contributed by atoms with E-state index in [0.29, 0.717) is 18.4 Å². The Bertz CT molecular complexity index is 552. The summed E-state index contributed by atoms with van der Waals surface area (Å²) in [6, 6.07) is 0. The van der Waals surface area contributed by atoms with Crippen molar-refractivity contribution in [2.24, 2.45) is 0 Å². The molecule has 0 aliphatic rings. The van der Waals surface area contributed by atoms with Crippen molar-refractivity contribution in [1.29, 1.82) is 0 Å². The van der Waals surface area contributed by atoms with Crippen molar-refractivity contribution in [2.45, 2.75) is 13.3 Å². The van der Waals surface area contributed by atoms with Gasteiger partial charge in [0.2, 0.25) is 17.8 Å². The summed E-state index contributed by atoms with van der Waals surface area (Å²) in [7, 11) is 3.72. The summed E-state index contributed by atoms with van der Waals surface area (Å²) in [4.78, 5) is 18.5. The molecule has 8 heteroatoms. The first-order valence-electron chi connectivity index (χ1n) is 5.88. The maximum Gasteiger partial charge on any atom is 0.231 e. The molecule has 3 N–H and O–H groups in total. The van der Waals surface area contributed by atoms with E-state index < -0.39 is 0 Å². The van der Waals surface area contributed by atoms with Gasteiger partial charge >= 0.3 is 0 Å². The zero-order chi connectivity index (χ0) is 13.8. The fourth-order valence-electron chi connectivity index (χ4n) is 1.46. The Labute approximate surface area is 115 Å². The molecule has 19 heavy (non-hydrogen) atoms. The first-order chi connectivity index (χ1) is 9.04. The molecular formula is C11H17N7S. The Hall–Kier alpha value is -1.96. The number of hydrogen-bond acceptors (Lipinski definition) is 8. The predicted molar refractivity (Wildman–Crippen MR) is 77.6 cm³/mol. The monoisotopic (exact) mass is 279 g/mol. The molecule has 2 aromatic rings. The Kier molecular flexibility index (Phi) is 4.10. The van der Waals surface area contributed by atoms with Crippen molar-refractivity contribution < 1.29 is 0 Å². The van der Waals surface area contributed by atoms with Crippen LogP contribution in [0.15, 0.2) is 5.38 Å². The highest BCUT2D eigenvalue weighted by molar-refractivity contribution is 7.09. The maximum atomic E-state index is 5.64. The largest absolute Gasteiger partial charge is 0.368 e. The van der Waals surface area contributed by atoms with Crippen molar-refractivity contribution in [3.8, 4) is 0 Å². The molecule has 0 radical (unpaired) electrons. The Morgan fingerprint density at radius 3 is 2.68 bits per heavy atom. The minimum absolute atomic E-state index is 0.214. The van der Waals surface area contributed by atoms with Gasteiger partial charge in [0.15, 0.2) is 0 Å². The number of rotatable bonds is 5. The normalized spacial score (nSPS) is 10.5. The SMILES string of the molecule is Cc1csc(CCNc2nc(N)nc(N(C)C)n2)n1. The molecule has 2 heterocycles. The van der Waals surface area contributed by atoms with Crippen molar-refractivity contribution in [3.05, 3.63) is 16.1 Å². The van der Waals surface area contributed by atoms with Crippen LogP contribution in [0.4, 0.5) is 17.8 Å². The molecule has 7 nitrogen and oxygen atoms in total. The summed E-state index contributed by atoms with van der Waals surface area (Å²) in [5, 5.41) is 6.28. The van der Waals surface area contributed by atoms with Crippen molar-refractivity contribution in [2.75, 3.05) is 36.6 Å². The van der Waals surface area contributed by atoms with E-state index in [1.165, 1.54) is 0 Å². The third-order valence-corrected chi connectivity index (χ3v) is 3.36. The van der Waals surface area contributed by atoms with Crippen LogP contribution in [-0.4, -0.2) is 40.6 Å². The molecule has 0 saturated heterocycles. The zero-order valence-electron chi connectivity index (χ0n) is 11.2. The number of nitrogens with zero attached hydrogens (tertiary/aromatic N) is 5. The van der Waals surface area contributed by atoms with E-state index >= 15 is 0 Å². The van der Waals surface area contributed by atoms with Gasteiger partial charge in [0, 0.05) is 38.1 Å². The number of aryl methyl sites for hydroxylation is 1. The lowest BCUT2D eigenvalue weighted by Crippen LogP contribution is -2.17. The van der Waals surface area contributed by atoms with Gasteiger partial charge in [-0.15, -0.1) is 11.3 Å². The van der Waals surface area contributed by atoms with E-state index in [2.05, 4.69) is 25.3 Å². The van der Waals surface area contributed by atoms with E-state index in [4.69, 9.17) is 5.73 Å². The average molecular weight is 279 g/mol. The van der Waals surface area contributed by atoms with E-state index in [1.54, 1.807) is 16.2 Å². The fourth-order valence-corrected chi connectivity index (χ4v) is 2.23. The smallest absolute Gasteiger partial charge is 0.231 e. The predicted octanol–water partition coefficient (Wildman–Crippen LogP) is 0.939. The lowest BCUT2D eigenvalue weighted by molar-refractivity contribution is 0.928. The van der Waals surface area contributed by atoms with Gasteiger partial charge < -0.3 is 16.0 Å². The van der Waals surface area contributed by atoms with Gasteiger partial charge in [-0.25, -0.2) is 4.98 Å². The fraction of sp³-hybridized carbons (Fsp3) is 0.455. The summed E-state index contributed by atoms with van der Waals surface area (Å²) in [6.07, 6.45) is 0.835. The minimum atomic E-state index is 0.214. The van der Waals surface area contributed by atoms with Crippen molar-refractivity contribution in [1.82, 2.24) is 19.9 Å². The summed E-state index contributed by atoms with van der Waals surface area (Å²) in [6.45, 7) is 2.70. The van der Waals surface area contributed by atoms with Crippen molar-refractivity contribution >= 4 is 29.2 Å². The highest BCUT2D eigenvalue weighted by Gasteiger charge is 2.06. The lowest BCUT2D eigenvalue weighted by atomic mass is 10.4. The summed E-state index contributed by atoms with van der Waals surface area (Å²) < 4.78 is 0. The van der Waals surface area contributed by atoms with Crippen LogP contribution in [0.25, 0.3) is 0 Å². The van der Waals surface area contributed by atoms with Crippen LogP contribution in [0.2, 0.25) is 0 Å². The standard InChI is InChI=1S/C11H17N7S/c1-7-6-19-8(14-7)4-5-13-10-15-9(12)16-11(17-10)18(2)3/h6H,4-5H2,1-3H3,(H3,12,13,15,16,17). The van der Waals surface area contributed by atoms with Crippen LogP contribution in [-0.2, 0) is 6.42 Å². The molecule has 0 spiro atoms. The van der Waals surface area contributed by atoms with Gasteiger partial charge in [0.25, 0.3) is 0 Å². The number of hydrogen-bond donors (Lipinski definition) is 2. The van der Waals surface area contributed by atoms with Gasteiger partial charge in [-0.2, -0.15) is 15.0 Å². The van der Waals surface area contributed by atoms with Gasteiger partial charge in [-0.3, -0.25) is 0 Å². The Balaban J connectivity index is 1.95. The topological polar surface area (TPSA) is 92.8 Å². The van der Waals surface area contributed by atoms with Gasteiger partial charge in [0.05, 0.1) is 5.01 Å². The third kappa shape index (κ3) is 3.75. The van der Waals surface area contributed by atoms with Crippen LogP contribution in [0.1, 0.15) is 10.7 Å². The summed E-state index contributed by atoms with van der Waals surface area (Å²) in [5.74, 6) is 1.25. The number of nitrogen functional groups attached to an aromatic ring is 1. The first-order valence-corrected chi connectivity index (χ1v) is 6.76. The maximum absolute atomic E-state index is 5.64. The van der Waals surface area contributed by atoms with E-state index in [-0.39, 0.29) is 5.95 Å². The van der Waals surface area contributed by atoms with Crippen molar-refractivity contribution in [3.63, 3.8) is 0 Å². The third-order valence-electron chi connectivity index (χ3n) is 2.33. The Morgan fingerprint density at radius 1 is 1.26 bits per heavy atom. The highest BCUT2D eigenvalue weighted by Crippen LogP contribution is 2.11. The molecule has 0 unspecified atom stereocenters. The molecule has 0 amide bonds. The number of thiazole rings is 1. The van der Waals surface area contributed by atoms with E-state index in [0.717, 1.165) is 17.1 Å². The summed E-state index contributed by atoms with van der Waals surface area (Å²) >= 11 is 1.66.